The summed E-state index contributed by atoms with van der Waals surface area (Å²) in [5.74, 6) is 0.845. The Hall–Kier alpha value is -2.10. The van der Waals surface area contributed by atoms with Crippen LogP contribution in [0.4, 0.5) is 5.82 Å². The summed E-state index contributed by atoms with van der Waals surface area (Å²) in [7, 11) is 1.81. The van der Waals surface area contributed by atoms with E-state index in [4.69, 9.17) is 0 Å². The first-order valence-electron chi connectivity index (χ1n) is 8.38. The summed E-state index contributed by atoms with van der Waals surface area (Å²) >= 11 is 4.82. The molecule has 1 atom stereocenters. The number of rotatable bonds is 5. The van der Waals surface area contributed by atoms with Gasteiger partial charge in [-0.15, -0.1) is 11.3 Å². The van der Waals surface area contributed by atoms with Crippen LogP contribution in [-0.4, -0.2) is 39.4 Å². The number of nitrogens with one attached hydrogen (secondary N) is 2. The van der Waals surface area contributed by atoms with Gasteiger partial charge in [0, 0.05) is 15.5 Å². The lowest BCUT2D eigenvalue weighted by atomic mass is 10.2. The van der Waals surface area contributed by atoms with E-state index in [0.29, 0.717) is 17.0 Å². The van der Waals surface area contributed by atoms with Gasteiger partial charge in [0.2, 0.25) is 5.91 Å². The van der Waals surface area contributed by atoms with Crippen LogP contribution in [0.3, 0.4) is 0 Å². The van der Waals surface area contributed by atoms with Gasteiger partial charge in [0.05, 0.1) is 18.0 Å². The van der Waals surface area contributed by atoms with Gasteiger partial charge in [-0.2, -0.15) is 0 Å². The summed E-state index contributed by atoms with van der Waals surface area (Å²) in [5, 5.41) is 3.40. The molecule has 7 nitrogen and oxygen atoms in total. The van der Waals surface area contributed by atoms with Crippen molar-refractivity contribution in [1.82, 2.24) is 19.9 Å². The summed E-state index contributed by atoms with van der Waals surface area (Å²) in [6, 6.07) is 3.30. The van der Waals surface area contributed by atoms with E-state index in [1.165, 1.54) is 11.3 Å². The Labute approximate surface area is 169 Å². The third-order valence-electron chi connectivity index (χ3n) is 4.50. The summed E-state index contributed by atoms with van der Waals surface area (Å²) in [4.78, 5) is 40.0. The molecule has 0 saturated heterocycles. The van der Waals surface area contributed by atoms with Crippen molar-refractivity contribution in [3.05, 3.63) is 49.4 Å². The number of thiophene rings is 1. The predicted molar refractivity (Wildman–Crippen MR) is 111 cm³/mol. The van der Waals surface area contributed by atoms with Gasteiger partial charge in [0.15, 0.2) is 0 Å². The fourth-order valence-corrected chi connectivity index (χ4v) is 3.95. The van der Waals surface area contributed by atoms with E-state index < -0.39 is 0 Å². The highest BCUT2D eigenvalue weighted by Gasteiger charge is 2.20. The van der Waals surface area contributed by atoms with Crippen LogP contribution in [0.25, 0.3) is 10.2 Å². The summed E-state index contributed by atoms with van der Waals surface area (Å²) in [5.41, 5.74) is 0.832. The van der Waals surface area contributed by atoms with Gasteiger partial charge in [-0.3, -0.25) is 14.5 Å². The molecule has 0 aliphatic heterocycles. The Morgan fingerprint density at radius 2 is 2.15 bits per heavy atom. The molecule has 9 heteroatoms. The van der Waals surface area contributed by atoms with E-state index in [0.717, 1.165) is 19.7 Å². The first-order valence-corrected chi connectivity index (χ1v) is 9.98. The number of hydrogen-bond donors (Lipinski definition) is 2. The number of fused-ring (bicyclic) bond motifs is 1. The maximum absolute atomic E-state index is 12.5. The van der Waals surface area contributed by atoms with E-state index in [-0.39, 0.29) is 24.1 Å². The number of halogens is 1. The Balaban J connectivity index is 1.74. The van der Waals surface area contributed by atoms with Crippen molar-refractivity contribution in [3.8, 4) is 0 Å². The molecule has 0 bridgehead atoms. The number of pyridine rings is 1. The van der Waals surface area contributed by atoms with Crippen molar-refractivity contribution >= 4 is 49.2 Å². The number of aromatic amines is 1. The second kappa shape index (κ2) is 7.87. The zero-order valence-electron chi connectivity index (χ0n) is 15.5. The molecule has 0 spiro atoms. The molecular weight excluding hydrogens is 430 g/mol. The number of nitrogens with zero attached hydrogens (tertiary/aromatic N) is 3. The highest BCUT2D eigenvalue weighted by atomic mass is 79.9. The molecule has 3 heterocycles. The molecule has 0 radical (unpaired) electrons. The maximum Gasteiger partial charge on any atom is 0.259 e. The van der Waals surface area contributed by atoms with Crippen molar-refractivity contribution in [3.63, 3.8) is 0 Å². The fraction of sp³-hybridized carbons (Fsp3) is 0.333. The van der Waals surface area contributed by atoms with Gasteiger partial charge < -0.3 is 10.3 Å². The average Bonchev–Trinajstić information content (AvgIpc) is 2.90. The highest BCUT2D eigenvalue weighted by Crippen LogP contribution is 2.27. The predicted octanol–water partition coefficient (Wildman–Crippen LogP) is 3.39. The second-order valence-electron chi connectivity index (χ2n) is 6.42. The second-order valence-corrected chi connectivity index (χ2v) is 8.53. The number of likely N-dealkylation sites (N-methyl/N-ethyl adjacent to an activating group) is 1. The number of hydrogen-bond acceptors (Lipinski definition) is 6. The first-order chi connectivity index (χ1) is 12.8. The largest absolute Gasteiger partial charge is 0.310 e. The zero-order chi connectivity index (χ0) is 19.7. The van der Waals surface area contributed by atoms with Gasteiger partial charge in [0.25, 0.3) is 5.56 Å². The Bertz CT molecular complexity index is 1040. The molecule has 1 unspecified atom stereocenters. The molecule has 0 fully saturated rings. The number of aryl methyl sites for hydroxylation is 2. The van der Waals surface area contributed by atoms with Gasteiger partial charge in [0.1, 0.15) is 16.5 Å². The minimum atomic E-state index is -0.228. The smallest absolute Gasteiger partial charge is 0.259 e. The number of anilines is 1. The quantitative estimate of drug-likeness (QED) is 0.622. The van der Waals surface area contributed by atoms with Crippen LogP contribution < -0.4 is 10.9 Å². The van der Waals surface area contributed by atoms with E-state index >= 15 is 0 Å². The molecule has 0 aromatic carbocycles. The molecule has 142 valence electrons. The number of carbonyl (C=O) groups excluding carboxylic acids is 1. The van der Waals surface area contributed by atoms with E-state index in [2.05, 4.69) is 36.2 Å². The van der Waals surface area contributed by atoms with Crippen molar-refractivity contribution in [1.29, 1.82) is 0 Å². The zero-order valence-corrected chi connectivity index (χ0v) is 17.9. The minimum absolute atomic E-state index is 0.138. The normalized spacial score (nSPS) is 12.5. The summed E-state index contributed by atoms with van der Waals surface area (Å²) in [6.45, 7) is 5.96. The lowest BCUT2D eigenvalue weighted by Crippen LogP contribution is -2.33. The highest BCUT2D eigenvalue weighted by molar-refractivity contribution is 9.10. The monoisotopic (exact) mass is 449 g/mol. The molecular formula is C18H20BrN5O2S. The van der Waals surface area contributed by atoms with E-state index in [1.54, 1.807) is 12.3 Å². The first kappa shape index (κ1) is 19.7. The molecule has 1 amide bonds. The van der Waals surface area contributed by atoms with Crippen LogP contribution in [0.5, 0.6) is 0 Å². The molecule has 0 aliphatic carbocycles. The number of carbonyl (C=O) groups is 1. The van der Waals surface area contributed by atoms with Gasteiger partial charge in [-0.05, 0) is 61.4 Å². The van der Waals surface area contributed by atoms with Gasteiger partial charge in [-0.25, -0.2) is 9.97 Å². The Morgan fingerprint density at radius 1 is 1.41 bits per heavy atom. The molecule has 0 saturated carbocycles. The van der Waals surface area contributed by atoms with Crippen molar-refractivity contribution in [2.24, 2.45) is 0 Å². The van der Waals surface area contributed by atoms with E-state index in [9.17, 15) is 9.59 Å². The summed E-state index contributed by atoms with van der Waals surface area (Å²) in [6.07, 6.45) is 1.62. The number of amides is 1. The Kier molecular flexibility index (Phi) is 5.73. The topological polar surface area (TPSA) is 91.0 Å². The van der Waals surface area contributed by atoms with Crippen LogP contribution in [0.15, 0.2) is 27.6 Å². The van der Waals surface area contributed by atoms with Crippen molar-refractivity contribution in [2.45, 2.75) is 26.8 Å². The third kappa shape index (κ3) is 4.26. The molecule has 27 heavy (non-hydrogen) atoms. The standard InChI is InChI=1S/C18H20BrN5O2S/c1-9-11(3)27-18-15(9)17(26)22-16(23-18)10(2)24(4)8-14(25)21-13-6-5-12(19)7-20-13/h5-7,10H,8H2,1-4H3,(H,20,21,25)(H,22,23,26). The average molecular weight is 450 g/mol. The Morgan fingerprint density at radius 3 is 2.81 bits per heavy atom. The fourth-order valence-electron chi connectivity index (χ4n) is 2.67. The van der Waals surface area contributed by atoms with Gasteiger partial charge in [-0.1, -0.05) is 0 Å². The number of aromatic nitrogens is 3. The van der Waals surface area contributed by atoms with Crippen LogP contribution in [0.1, 0.15) is 29.2 Å². The maximum atomic E-state index is 12.5. The number of H-pyrrole nitrogens is 1. The molecule has 2 N–H and O–H groups in total. The van der Waals surface area contributed by atoms with Crippen LogP contribution in [0, 0.1) is 13.8 Å². The molecule has 3 aromatic rings. The third-order valence-corrected chi connectivity index (χ3v) is 6.07. The van der Waals surface area contributed by atoms with Crippen molar-refractivity contribution in [2.75, 3.05) is 18.9 Å². The van der Waals surface area contributed by atoms with Gasteiger partial charge >= 0.3 is 0 Å². The van der Waals surface area contributed by atoms with Crippen LogP contribution >= 0.6 is 27.3 Å². The lowest BCUT2D eigenvalue weighted by Gasteiger charge is -2.23. The lowest BCUT2D eigenvalue weighted by molar-refractivity contribution is -0.117. The SMILES string of the molecule is Cc1sc2nc(C(C)N(C)CC(=O)Nc3ccc(Br)cn3)[nH]c(=O)c2c1C. The molecule has 3 rings (SSSR count). The molecule has 0 aliphatic rings. The van der Waals surface area contributed by atoms with Crippen LogP contribution in [-0.2, 0) is 4.79 Å². The summed E-state index contributed by atoms with van der Waals surface area (Å²) < 4.78 is 0.843. The molecule has 3 aromatic heterocycles. The van der Waals surface area contributed by atoms with E-state index in [1.807, 2.05) is 38.8 Å². The van der Waals surface area contributed by atoms with Crippen LogP contribution in [0.2, 0.25) is 0 Å². The minimum Gasteiger partial charge on any atom is -0.310 e. The van der Waals surface area contributed by atoms with Crippen molar-refractivity contribution < 1.29 is 4.79 Å².